The van der Waals surface area contributed by atoms with Crippen LogP contribution in [0.4, 0.5) is 5.69 Å². The molecule has 3 rings (SSSR count). The Bertz CT molecular complexity index is 613. The SMILES string of the molecule is Nc1ccc2c(c1)nnc1ccnn12. The summed E-state index contributed by atoms with van der Waals surface area (Å²) in [5.74, 6) is 0. The number of benzene rings is 1. The summed E-state index contributed by atoms with van der Waals surface area (Å²) in [6, 6.07) is 7.30. The van der Waals surface area contributed by atoms with Crippen LogP contribution in [0.1, 0.15) is 0 Å². The van der Waals surface area contributed by atoms with Crippen LogP contribution in [0.25, 0.3) is 16.7 Å². The van der Waals surface area contributed by atoms with Crippen molar-refractivity contribution in [2.24, 2.45) is 0 Å². The van der Waals surface area contributed by atoms with Crippen molar-refractivity contribution in [3.63, 3.8) is 0 Å². The minimum absolute atomic E-state index is 0.679. The fourth-order valence-electron chi connectivity index (χ4n) is 1.46. The molecular weight excluding hydrogens is 178 g/mol. The number of anilines is 1. The number of fused-ring (bicyclic) bond motifs is 3. The van der Waals surface area contributed by atoms with Crippen LogP contribution in [-0.2, 0) is 0 Å². The summed E-state index contributed by atoms with van der Waals surface area (Å²) >= 11 is 0. The van der Waals surface area contributed by atoms with Gasteiger partial charge in [-0.2, -0.15) is 5.10 Å². The molecule has 0 aliphatic rings. The molecule has 5 nitrogen and oxygen atoms in total. The van der Waals surface area contributed by atoms with Crippen molar-refractivity contribution in [1.82, 2.24) is 19.8 Å². The highest BCUT2D eigenvalue weighted by atomic mass is 15.3. The second kappa shape index (κ2) is 2.41. The van der Waals surface area contributed by atoms with E-state index in [0.717, 1.165) is 16.7 Å². The van der Waals surface area contributed by atoms with Crippen LogP contribution in [0, 0.1) is 0 Å². The van der Waals surface area contributed by atoms with E-state index in [-0.39, 0.29) is 0 Å². The van der Waals surface area contributed by atoms with E-state index in [1.54, 1.807) is 16.8 Å². The summed E-state index contributed by atoms with van der Waals surface area (Å²) in [7, 11) is 0. The van der Waals surface area contributed by atoms with Crippen molar-refractivity contribution in [2.75, 3.05) is 5.73 Å². The average Bonchev–Trinajstić information content (AvgIpc) is 2.65. The van der Waals surface area contributed by atoms with Gasteiger partial charge in [0.25, 0.3) is 0 Å². The number of aromatic nitrogens is 4. The maximum absolute atomic E-state index is 5.65. The molecule has 3 aromatic rings. The number of rotatable bonds is 0. The Balaban J connectivity index is 2.57. The molecule has 0 amide bonds. The Labute approximate surface area is 79.2 Å². The first kappa shape index (κ1) is 7.25. The summed E-state index contributed by atoms with van der Waals surface area (Å²) in [4.78, 5) is 0. The zero-order chi connectivity index (χ0) is 9.54. The van der Waals surface area contributed by atoms with Gasteiger partial charge in [0.05, 0.1) is 11.7 Å². The number of nitrogen functional groups attached to an aromatic ring is 1. The lowest BCUT2D eigenvalue weighted by molar-refractivity contribution is 0.943. The van der Waals surface area contributed by atoms with Crippen LogP contribution in [-0.4, -0.2) is 19.8 Å². The zero-order valence-electron chi connectivity index (χ0n) is 7.25. The van der Waals surface area contributed by atoms with Gasteiger partial charge in [0.15, 0.2) is 5.65 Å². The molecule has 2 N–H and O–H groups in total. The first-order valence-corrected chi connectivity index (χ1v) is 4.20. The third-order valence-corrected chi connectivity index (χ3v) is 2.11. The normalized spacial score (nSPS) is 11.1. The predicted molar refractivity (Wildman–Crippen MR) is 52.7 cm³/mol. The Morgan fingerprint density at radius 2 is 2.07 bits per heavy atom. The van der Waals surface area contributed by atoms with Crippen LogP contribution in [0.3, 0.4) is 0 Å². The van der Waals surface area contributed by atoms with Gasteiger partial charge in [-0.05, 0) is 18.2 Å². The number of nitrogens with zero attached hydrogens (tertiary/aromatic N) is 4. The molecule has 0 atom stereocenters. The highest BCUT2D eigenvalue weighted by Crippen LogP contribution is 2.14. The Kier molecular flexibility index (Phi) is 1.25. The van der Waals surface area contributed by atoms with Gasteiger partial charge in [0, 0.05) is 11.8 Å². The fraction of sp³-hybridized carbons (Fsp3) is 0. The minimum Gasteiger partial charge on any atom is -0.399 e. The van der Waals surface area contributed by atoms with Gasteiger partial charge in [-0.15, -0.1) is 10.2 Å². The topological polar surface area (TPSA) is 69.1 Å². The Hall–Kier alpha value is -2.17. The molecule has 2 heterocycles. The van der Waals surface area contributed by atoms with Crippen LogP contribution >= 0.6 is 0 Å². The van der Waals surface area contributed by atoms with Crippen LogP contribution in [0.2, 0.25) is 0 Å². The molecule has 0 fully saturated rings. The van der Waals surface area contributed by atoms with Gasteiger partial charge in [-0.25, -0.2) is 4.52 Å². The Morgan fingerprint density at radius 3 is 3.00 bits per heavy atom. The van der Waals surface area contributed by atoms with E-state index in [1.165, 1.54) is 0 Å². The minimum atomic E-state index is 0.679. The van der Waals surface area contributed by atoms with Gasteiger partial charge >= 0.3 is 0 Å². The number of nitrogens with two attached hydrogens (primary N) is 1. The van der Waals surface area contributed by atoms with Gasteiger partial charge in [-0.3, -0.25) is 0 Å². The molecule has 0 aliphatic heterocycles. The number of hydrogen-bond donors (Lipinski definition) is 1. The van der Waals surface area contributed by atoms with Gasteiger partial charge in [0.2, 0.25) is 0 Å². The summed E-state index contributed by atoms with van der Waals surface area (Å²) < 4.78 is 1.74. The third kappa shape index (κ3) is 0.861. The summed E-state index contributed by atoms with van der Waals surface area (Å²) in [6.45, 7) is 0. The lowest BCUT2D eigenvalue weighted by atomic mass is 10.3. The molecule has 0 aliphatic carbocycles. The number of hydrogen-bond acceptors (Lipinski definition) is 4. The van der Waals surface area contributed by atoms with Crippen LogP contribution in [0.5, 0.6) is 0 Å². The first-order valence-electron chi connectivity index (χ1n) is 4.20. The lowest BCUT2D eigenvalue weighted by Gasteiger charge is -1.99. The smallest absolute Gasteiger partial charge is 0.177 e. The van der Waals surface area contributed by atoms with Crippen LogP contribution < -0.4 is 5.73 Å². The Morgan fingerprint density at radius 1 is 1.14 bits per heavy atom. The fourth-order valence-corrected chi connectivity index (χ4v) is 1.46. The highest BCUT2D eigenvalue weighted by Gasteiger charge is 2.02. The lowest BCUT2D eigenvalue weighted by Crippen LogP contribution is -1.96. The van der Waals surface area contributed by atoms with Gasteiger partial charge in [0.1, 0.15) is 5.52 Å². The van der Waals surface area contributed by atoms with Crippen molar-refractivity contribution in [1.29, 1.82) is 0 Å². The maximum Gasteiger partial charge on any atom is 0.177 e. The molecule has 0 bridgehead atoms. The van der Waals surface area contributed by atoms with E-state index in [0.29, 0.717) is 5.69 Å². The zero-order valence-corrected chi connectivity index (χ0v) is 7.25. The standard InChI is InChI=1S/C9H7N5/c10-6-1-2-8-7(5-6)12-13-9-3-4-11-14(8)9/h1-5H,10H2. The highest BCUT2D eigenvalue weighted by molar-refractivity contribution is 5.79. The summed E-state index contributed by atoms with van der Waals surface area (Å²) in [5, 5.41) is 12.2. The van der Waals surface area contributed by atoms with Gasteiger partial charge < -0.3 is 5.73 Å². The second-order valence-electron chi connectivity index (χ2n) is 3.05. The average molecular weight is 185 g/mol. The van der Waals surface area contributed by atoms with E-state index >= 15 is 0 Å². The summed E-state index contributed by atoms with van der Waals surface area (Å²) in [5.41, 5.74) is 8.73. The van der Waals surface area contributed by atoms with E-state index in [4.69, 9.17) is 5.73 Å². The first-order chi connectivity index (χ1) is 6.84. The molecule has 0 saturated carbocycles. The van der Waals surface area contributed by atoms with Crippen molar-refractivity contribution in [3.05, 3.63) is 30.5 Å². The predicted octanol–water partition coefficient (Wildman–Crippen LogP) is 0.860. The molecule has 68 valence electrons. The van der Waals surface area contributed by atoms with E-state index in [2.05, 4.69) is 15.3 Å². The molecule has 0 saturated heterocycles. The van der Waals surface area contributed by atoms with Crippen LogP contribution in [0.15, 0.2) is 30.5 Å². The summed E-state index contributed by atoms with van der Waals surface area (Å²) in [6.07, 6.45) is 1.69. The largest absolute Gasteiger partial charge is 0.399 e. The molecule has 1 aromatic carbocycles. The van der Waals surface area contributed by atoms with Crippen molar-refractivity contribution in [2.45, 2.75) is 0 Å². The third-order valence-electron chi connectivity index (χ3n) is 2.11. The molecule has 0 unspecified atom stereocenters. The molecule has 2 aromatic heterocycles. The monoisotopic (exact) mass is 185 g/mol. The molecular formula is C9H7N5. The van der Waals surface area contributed by atoms with E-state index < -0.39 is 0 Å². The molecule has 5 heteroatoms. The quantitative estimate of drug-likeness (QED) is 0.527. The van der Waals surface area contributed by atoms with Gasteiger partial charge in [-0.1, -0.05) is 0 Å². The molecule has 0 spiro atoms. The van der Waals surface area contributed by atoms with Crippen molar-refractivity contribution >= 4 is 22.4 Å². The van der Waals surface area contributed by atoms with E-state index in [9.17, 15) is 0 Å². The van der Waals surface area contributed by atoms with E-state index in [1.807, 2.05) is 18.2 Å². The van der Waals surface area contributed by atoms with Crippen molar-refractivity contribution < 1.29 is 0 Å². The second-order valence-corrected chi connectivity index (χ2v) is 3.05. The molecule has 0 radical (unpaired) electrons. The van der Waals surface area contributed by atoms with Crippen molar-refractivity contribution in [3.8, 4) is 0 Å². The molecule has 14 heavy (non-hydrogen) atoms. The maximum atomic E-state index is 5.65.